The molecular weight excluding hydrogens is 332 g/mol. The van der Waals surface area contributed by atoms with Crippen LogP contribution in [0.3, 0.4) is 0 Å². The number of Topliss-reactive ketones (excluding diaryl/α,β-unsaturated/α-hetero) is 1. The Bertz CT molecular complexity index is 659. The highest BCUT2D eigenvalue weighted by atomic mass is 16.3. The van der Waals surface area contributed by atoms with Gasteiger partial charge in [-0.1, -0.05) is 19.9 Å². The summed E-state index contributed by atoms with van der Waals surface area (Å²) in [6, 6.07) is 0. The lowest BCUT2D eigenvalue weighted by atomic mass is 9.45. The molecule has 3 fully saturated rings. The molecule has 5 nitrogen and oxygen atoms in total. The number of ketones is 1. The Kier molecular flexibility index (Phi) is 4.03. The van der Waals surface area contributed by atoms with Gasteiger partial charge >= 0.3 is 0 Å². The molecule has 0 bridgehead atoms. The summed E-state index contributed by atoms with van der Waals surface area (Å²) >= 11 is 0. The van der Waals surface area contributed by atoms with Crippen LogP contribution in [0.2, 0.25) is 0 Å². The maximum Gasteiger partial charge on any atom is 0.161 e. The molecule has 0 aromatic carbocycles. The van der Waals surface area contributed by atoms with Crippen LogP contribution in [-0.2, 0) is 4.79 Å². The lowest BCUT2D eigenvalue weighted by Gasteiger charge is -2.61. The zero-order chi connectivity index (χ0) is 19.1. The van der Waals surface area contributed by atoms with Crippen molar-refractivity contribution in [3.63, 3.8) is 0 Å². The van der Waals surface area contributed by atoms with Crippen molar-refractivity contribution in [3.05, 3.63) is 11.6 Å². The number of hydrogen-bond acceptors (Lipinski definition) is 5. The van der Waals surface area contributed by atoms with E-state index in [1.165, 1.54) is 6.92 Å². The van der Waals surface area contributed by atoms with Crippen molar-refractivity contribution in [2.24, 2.45) is 28.6 Å². The van der Waals surface area contributed by atoms with E-state index in [1.54, 1.807) is 6.08 Å². The minimum absolute atomic E-state index is 0.0185. The zero-order valence-electron chi connectivity index (χ0n) is 16.0. The summed E-state index contributed by atoms with van der Waals surface area (Å²) in [4.78, 5) is 12.3. The molecule has 4 aliphatic rings. The molecular formula is C21H32O5. The third kappa shape index (κ3) is 2.09. The second-order valence-electron chi connectivity index (χ2n) is 9.78. The van der Waals surface area contributed by atoms with Crippen LogP contribution in [0.5, 0.6) is 0 Å². The van der Waals surface area contributed by atoms with Gasteiger partial charge < -0.3 is 20.4 Å². The Morgan fingerprint density at radius 3 is 2.35 bits per heavy atom. The maximum atomic E-state index is 12.3. The number of carbonyl (C=O) groups excluding carboxylic acids is 1. The zero-order valence-corrected chi connectivity index (χ0v) is 16.0. The largest absolute Gasteiger partial charge is 0.390 e. The normalized spacial score (nSPS) is 56.2. The SMILES string of the molecule is CC(=O)[C@@]1(O)CC[C@H]2[C@@H]3[C@H](O)[C@@H](O)C4=C[C@H](O)CC[C@]4(C)[C@H]3CC[C@@]21C. The summed E-state index contributed by atoms with van der Waals surface area (Å²) in [6.07, 6.45) is 3.49. The third-order valence-electron chi connectivity index (χ3n) is 8.91. The summed E-state index contributed by atoms with van der Waals surface area (Å²) in [5.74, 6) is -0.0917. The first-order valence-corrected chi connectivity index (χ1v) is 10.1. The van der Waals surface area contributed by atoms with Crippen LogP contribution in [0.1, 0.15) is 59.3 Å². The van der Waals surface area contributed by atoms with Gasteiger partial charge in [0.15, 0.2) is 5.78 Å². The molecule has 0 saturated heterocycles. The van der Waals surface area contributed by atoms with Crippen LogP contribution < -0.4 is 0 Å². The van der Waals surface area contributed by atoms with E-state index in [1.807, 2.05) is 6.92 Å². The van der Waals surface area contributed by atoms with Crippen LogP contribution in [-0.4, -0.2) is 50.1 Å². The number of aliphatic hydroxyl groups is 4. The maximum absolute atomic E-state index is 12.3. The van der Waals surface area contributed by atoms with E-state index in [4.69, 9.17) is 0 Å². The molecule has 0 aromatic rings. The molecule has 0 spiro atoms. The monoisotopic (exact) mass is 364 g/mol. The summed E-state index contributed by atoms with van der Waals surface area (Å²) in [5, 5.41) is 43.1. The Morgan fingerprint density at radius 1 is 1.04 bits per heavy atom. The van der Waals surface area contributed by atoms with Gasteiger partial charge in [-0.25, -0.2) is 0 Å². The van der Waals surface area contributed by atoms with Gasteiger partial charge in [-0.3, -0.25) is 4.79 Å². The molecule has 3 saturated carbocycles. The van der Waals surface area contributed by atoms with Crippen LogP contribution in [0.15, 0.2) is 11.6 Å². The van der Waals surface area contributed by atoms with E-state index in [0.29, 0.717) is 19.3 Å². The van der Waals surface area contributed by atoms with Crippen molar-refractivity contribution in [1.29, 1.82) is 0 Å². The molecule has 0 aromatic heterocycles. The molecule has 146 valence electrons. The molecule has 26 heavy (non-hydrogen) atoms. The minimum atomic E-state index is -1.33. The van der Waals surface area contributed by atoms with Gasteiger partial charge in [0.1, 0.15) is 11.7 Å². The average Bonchev–Trinajstić information content (AvgIpc) is 2.87. The average molecular weight is 364 g/mol. The Labute approximate surface area is 155 Å². The Balaban J connectivity index is 1.77. The second-order valence-corrected chi connectivity index (χ2v) is 9.78. The van der Waals surface area contributed by atoms with Crippen LogP contribution in [0, 0.1) is 28.6 Å². The fourth-order valence-electron chi connectivity index (χ4n) is 7.31. The van der Waals surface area contributed by atoms with Gasteiger partial charge in [0.05, 0.1) is 12.2 Å². The van der Waals surface area contributed by atoms with Crippen molar-refractivity contribution < 1.29 is 25.2 Å². The minimum Gasteiger partial charge on any atom is -0.390 e. The molecule has 0 amide bonds. The topological polar surface area (TPSA) is 98.0 Å². The quantitative estimate of drug-likeness (QED) is 0.530. The second kappa shape index (κ2) is 5.63. The number of hydrogen-bond donors (Lipinski definition) is 4. The van der Waals surface area contributed by atoms with Crippen LogP contribution in [0.25, 0.3) is 0 Å². The lowest BCUT2D eigenvalue weighted by Crippen LogP contribution is -2.63. The number of fused-ring (bicyclic) bond motifs is 5. The number of rotatable bonds is 1. The summed E-state index contributed by atoms with van der Waals surface area (Å²) < 4.78 is 0. The van der Waals surface area contributed by atoms with Crippen molar-refractivity contribution >= 4 is 5.78 Å². The molecule has 0 aliphatic heterocycles. The fraction of sp³-hybridized carbons (Fsp3) is 0.857. The highest BCUT2D eigenvalue weighted by Crippen LogP contribution is 2.67. The van der Waals surface area contributed by atoms with Gasteiger partial charge in [0.25, 0.3) is 0 Å². The van der Waals surface area contributed by atoms with E-state index in [0.717, 1.165) is 24.8 Å². The molecule has 4 rings (SSSR count). The smallest absolute Gasteiger partial charge is 0.161 e. The van der Waals surface area contributed by atoms with E-state index in [-0.39, 0.29) is 29.0 Å². The fourth-order valence-corrected chi connectivity index (χ4v) is 7.31. The van der Waals surface area contributed by atoms with Crippen molar-refractivity contribution in [1.82, 2.24) is 0 Å². The molecule has 0 unspecified atom stereocenters. The van der Waals surface area contributed by atoms with Crippen LogP contribution >= 0.6 is 0 Å². The van der Waals surface area contributed by atoms with E-state index in [2.05, 4.69) is 6.92 Å². The summed E-state index contributed by atoms with van der Waals surface area (Å²) in [6.45, 7) is 5.63. The standard InChI is InChI=1S/C21H32O5/c1-11(22)21(26)9-6-14-16-13(5-8-20(14,21)3)19(2)7-4-12(23)10-15(19)17(24)18(16)25/h10,12-14,16-18,23-26H,4-9H2,1-3H3/t12-,13+,14+,16-,17+,18+,19-,20+,21+/m1/s1. The Morgan fingerprint density at radius 2 is 1.69 bits per heavy atom. The van der Waals surface area contributed by atoms with Gasteiger partial charge in [0, 0.05) is 5.41 Å². The van der Waals surface area contributed by atoms with Gasteiger partial charge in [0.2, 0.25) is 0 Å². The van der Waals surface area contributed by atoms with Gasteiger partial charge in [-0.05, 0) is 74.2 Å². The number of carbonyl (C=O) groups is 1. The molecule has 9 atom stereocenters. The first-order valence-electron chi connectivity index (χ1n) is 10.1. The first kappa shape index (κ1) is 18.6. The van der Waals surface area contributed by atoms with Crippen LogP contribution in [0.4, 0.5) is 0 Å². The van der Waals surface area contributed by atoms with E-state index in [9.17, 15) is 25.2 Å². The Hall–Kier alpha value is -0.750. The van der Waals surface area contributed by atoms with Crippen molar-refractivity contribution in [2.75, 3.05) is 0 Å². The molecule has 0 radical (unpaired) electrons. The molecule has 5 heteroatoms. The third-order valence-corrected chi connectivity index (χ3v) is 8.91. The lowest BCUT2D eigenvalue weighted by molar-refractivity contribution is -0.180. The molecule has 0 heterocycles. The first-order chi connectivity index (χ1) is 12.1. The van der Waals surface area contributed by atoms with Crippen molar-refractivity contribution in [2.45, 2.75) is 83.2 Å². The van der Waals surface area contributed by atoms with E-state index >= 15 is 0 Å². The van der Waals surface area contributed by atoms with Gasteiger partial charge in [-0.15, -0.1) is 0 Å². The molecule has 4 N–H and O–H groups in total. The summed E-state index contributed by atoms with van der Waals surface area (Å²) in [7, 11) is 0. The predicted molar refractivity (Wildman–Crippen MR) is 96.1 cm³/mol. The predicted octanol–water partition coefficient (Wildman–Crippen LogP) is 1.57. The highest BCUT2D eigenvalue weighted by molar-refractivity contribution is 5.86. The highest BCUT2D eigenvalue weighted by Gasteiger charge is 2.68. The summed E-state index contributed by atoms with van der Waals surface area (Å²) in [5.41, 5.74) is -1.33. The molecule has 4 aliphatic carbocycles. The number of aliphatic hydroxyl groups excluding tert-OH is 3. The van der Waals surface area contributed by atoms with Gasteiger partial charge in [-0.2, -0.15) is 0 Å². The van der Waals surface area contributed by atoms with E-state index < -0.39 is 29.3 Å². The van der Waals surface area contributed by atoms with Crippen molar-refractivity contribution in [3.8, 4) is 0 Å².